The molecule has 1 N–H and O–H groups in total. The molecule has 0 saturated heterocycles. The van der Waals surface area contributed by atoms with Crippen molar-refractivity contribution in [3.05, 3.63) is 46.6 Å². The van der Waals surface area contributed by atoms with Crippen LogP contribution in [0.2, 0.25) is 0 Å². The molecule has 0 radical (unpaired) electrons. The van der Waals surface area contributed by atoms with Crippen molar-refractivity contribution in [2.45, 2.75) is 6.54 Å². The monoisotopic (exact) mass is 326 g/mol. The lowest BCUT2D eigenvalue weighted by atomic mass is 10.2. The first-order valence-electron chi connectivity index (χ1n) is 5.22. The molecule has 2 aromatic rings. The van der Waals surface area contributed by atoms with Gasteiger partial charge in [-0.1, -0.05) is 28.1 Å². The summed E-state index contributed by atoms with van der Waals surface area (Å²) in [6, 6.07) is 13.8. The molecule has 18 heavy (non-hydrogen) atoms. The Hall–Kier alpha value is -1.28. The molecular formula is C13H12BrClN2O. The minimum Gasteiger partial charge on any atom is -0.460 e. The van der Waals surface area contributed by atoms with Gasteiger partial charge < -0.3 is 4.42 Å². The van der Waals surface area contributed by atoms with Crippen molar-refractivity contribution in [2.24, 2.45) is 0 Å². The van der Waals surface area contributed by atoms with Gasteiger partial charge in [0.1, 0.15) is 11.5 Å². The van der Waals surface area contributed by atoms with Gasteiger partial charge in [-0.2, -0.15) is 5.26 Å². The zero-order valence-corrected chi connectivity index (χ0v) is 11.9. The summed E-state index contributed by atoms with van der Waals surface area (Å²) in [7, 11) is 0. The third-order valence-electron chi connectivity index (χ3n) is 2.29. The highest BCUT2D eigenvalue weighted by molar-refractivity contribution is 9.10. The lowest BCUT2D eigenvalue weighted by molar-refractivity contribution is 0.502. The van der Waals surface area contributed by atoms with E-state index in [1.165, 1.54) is 0 Å². The largest absolute Gasteiger partial charge is 0.460 e. The van der Waals surface area contributed by atoms with Crippen LogP contribution in [0.4, 0.5) is 0 Å². The second-order valence-electron chi connectivity index (χ2n) is 3.53. The first kappa shape index (κ1) is 14.8. The molecule has 5 heteroatoms. The molecule has 0 unspecified atom stereocenters. The van der Waals surface area contributed by atoms with Gasteiger partial charge in [-0.3, -0.25) is 5.32 Å². The molecule has 0 aliphatic heterocycles. The van der Waals surface area contributed by atoms with Crippen molar-refractivity contribution in [3.63, 3.8) is 0 Å². The van der Waals surface area contributed by atoms with Crippen LogP contribution in [0.3, 0.4) is 0 Å². The second kappa shape index (κ2) is 7.22. The predicted molar refractivity (Wildman–Crippen MR) is 76.4 cm³/mol. The smallest absolute Gasteiger partial charge is 0.134 e. The fourth-order valence-electron chi connectivity index (χ4n) is 1.48. The average molecular weight is 328 g/mol. The topological polar surface area (TPSA) is 49.0 Å². The number of hydrogen-bond donors (Lipinski definition) is 1. The molecule has 0 saturated carbocycles. The first-order chi connectivity index (χ1) is 8.29. The molecule has 0 aliphatic carbocycles. The summed E-state index contributed by atoms with van der Waals surface area (Å²) < 4.78 is 6.71. The van der Waals surface area contributed by atoms with E-state index in [4.69, 9.17) is 9.68 Å². The van der Waals surface area contributed by atoms with E-state index in [0.717, 1.165) is 21.6 Å². The van der Waals surface area contributed by atoms with Crippen LogP contribution in [0.25, 0.3) is 11.3 Å². The number of furan rings is 1. The molecule has 0 bridgehead atoms. The van der Waals surface area contributed by atoms with Crippen molar-refractivity contribution < 1.29 is 4.42 Å². The second-order valence-corrected chi connectivity index (χ2v) is 4.45. The first-order valence-corrected chi connectivity index (χ1v) is 6.01. The highest BCUT2D eigenvalue weighted by Gasteiger charge is 2.04. The van der Waals surface area contributed by atoms with Crippen LogP contribution in [0.1, 0.15) is 5.76 Å². The highest BCUT2D eigenvalue weighted by atomic mass is 79.9. The fourth-order valence-corrected chi connectivity index (χ4v) is 1.75. The Kier molecular flexibility index (Phi) is 5.93. The summed E-state index contributed by atoms with van der Waals surface area (Å²) in [5.74, 6) is 1.67. The third kappa shape index (κ3) is 3.88. The Morgan fingerprint density at radius 1 is 1.17 bits per heavy atom. The van der Waals surface area contributed by atoms with Crippen molar-refractivity contribution in [1.29, 1.82) is 5.26 Å². The minimum absolute atomic E-state index is 0. The van der Waals surface area contributed by atoms with E-state index in [9.17, 15) is 0 Å². The molecule has 0 amide bonds. The van der Waals surface area contributed by atoms with E-state index in [1.807, 2.05) is 42.5 Å². The maximum absolute atomic E-state index is 8.41. The quantitative estimate of drug-likeness (QED) is 0.687. The van der Waals surface area contributed by atoms with E-state index >= 15 is 0 Å². The molecule has 0 atom stereocenters. The summed E-state index contributed by atoms with van der Waals surface area (Å²) in [4.78, 5) is 0. The van der Waals surface area contributed by atoms with Crippen molar-refractivity contribution >= 4 is 28.3 Å². The minimum atomic E-state index is 0. The fraction of sp³-hybridized carbons (Fsp3) is 0.154. The van der Waals surface area contributed by atoms with Gasteiger partial charge in [0.2, 0.25) is 0 Å². The summed E-state index contributed by atoms with van der Waals surface area (Å²) in [5.41, 5.74) is 1.04. The van der Waals surface area contributed by atoms with Gasteiger partial charge in [0, 0.05) is 10.0 Å². The number of nitriles is 1. The maximum Gasteiger partial charge on any atom is 0.134 e. The highest BCUT2D eigenvalue weighted by Crippen LogP contribution is 2.23. The Morgan fingerprint density at radius 3 is 2.56 bits per heavy atom. The van der Waals surface area contributed by atoms with Crippen molar-refractivity contribution in [3.8, 4) is 17.4 Å². The molecule has 3 nitrogen and oxygen atoms in total. The Labute approximate surface area is 120 Å². The lowest BCUT2D eigenvalue weighted by Crippen LogP contribution is -2.12. The maximum atomic E-state index is 8.41. The molecule has 1 aromatic carbocycles. The Bertz CT molecular complexity index is 531. The van der Waals surface area contributed by atoms with Crippen LogP contribution in [0, 0.1) is 11.3 Å². The number of benzene rings is 1. The van der Waals surface area contributed by atoms with Gasteiger partial charge >= 0.3 is 0 Å². The summed E-state index contributed by atoms with van der Waals surface area (Å²) >= 11 is 3.39. The number of rotatable bonds is 4. The van der Waals surface area contributed by atoms with Crippen molar-refractivity contribution in [1.82, 2.24) is 5.32 Å². The lowest BCUT2D eigenvalue weighted by Gasteiger charge is -1.98. The van der Waals surface area contributed by atoms with Gasteiger partial charge in [0.15, 0.2) is 0 Å². The molecule has 0 spiro atoms. The zero-order chi connectivity index (χ0) is 12.1. The molecule has 1 heterocycles. The Balaban J connectivity index is 0.00000162. The Morgan fingerprint density at radius 2 is 1.89 bits per heavy atom. The summed E-state index contributed by atoms with van der Waals surface area (Å²) in [6.07, 6.45) is 0. The van der Waals surface area contributed by atoms with Gasteiger partial charge in [-0.25, -0.2) is 0 Å². The van der Waals surface area contributed by atoms with E-state index in [2.05, 4.69) is 21.2 Å². The molecule has 2 rings (SSSR count). The summed E-state index contributed by atoms with van der Waals surface area (Å²) in [5, 5.41) is 11.4. The number of hydrogen-bond acceptors (Lipinski definition) is 3. The number of halogens is 2. The molecule has 0 fully saturated rings. The molecule has 1 aromatic heterocycles. The van der Waals surface area contributed by atoms with E-state index in [0.29, 0.717) is 13.1 Å². The molecule has 0 aliphatic rings. The van der Waals surface area contributed by atoms with Crippen LogP contribution in [-0.2, 0) is 6.54 Å². The third-order valence-corrected chi connectivity index (χ3v) is 2.82. The normalized spacial score (nSPS) is 9.56. The van der Waals surface area contributed by atoms with E-state index in [-0.39, 0.29) is 12.4 Å². The van der Waals surface area contributed by atoms with Crippen LogP contribution < -0.4 is 5.32 Å². The van der Waals surface area contributed by atoms with Gasteiger partial charge in [-0.15, -0.1) is 12.4 Å². The van der Waals surface area contributed by atoms with Gasteiger partial charge in [-0.05, 0) is 24.3 Å². The number of nitrogens with one attached hydrogen (secondary N) is 1. The van der Waals surface area contributed by atoms with Crippen molar-refractivity contribution in [2.75, 3.05) is 6.54 Å². The van der Waals surface area contributed by atoms with Gasteiger partial charge in [0.05, 0.1) is 19.2 Å². The van der Waals surface area contributed by atoms with Crippen LogP contribution in [0.5, 0.6) is 0 Å². The van der Waals surface area contributed by atoms with Crippen LogP contribution in [0.15, 0.2) is 45.3 Å². The summed E-state index contributed by atoms with van der Waals surface area (Å²) in [6.45, 7) is 0.901. The van der Waals surface area contributed by atoms with Crippen LogP contribution >= 0.6 is 28.3 Å². The standard InChI is InChI=1S/C13H11BrN2O.ClH/c14-11-3-1-10(2-4-11)13-6-5-12(17-13)9-16-8-7-15;/h1-6,16H,8-9H2;1H. The molecule has 94 valence electrons. The number of nitrogens with zero attached hydrogens (tertiary/aromatic N) is 1. The predicted octanol–water partition coefficient (Wildman–Crippen LogP) is 3.74. The SMILES string of the molecule is Cl.N#CCNCc1ccc(-c2ccc(Br)cc2)o1. The van der Waals surface area contributed by atoms with E-state index < -0.39 is 0 Å². The molecular weight excluding hydrogens is 316 g/mol. The van der Waals surface area contributed by atoms with Crippen LogP contribution in [-0.4, -0.2) is 6.54 Å². The average Bonchev–Trinajstić information content (AvgIpc) is 2.79. The zero-order valence-electron chi connectivity index (χ0n) is 9.52. The van der Waals surface area contributed by atoms with Gasteiger partial charge in [0.25, 0.3) is 0 Å². The van der Waals surface area contributed by atoms with E-state index in [1.54, 1.807) is 0 Å².